The predicted molar refractivity (Wildman–Crippen MR) is 80.9 cm³/mol. The summed E-state index contributed by atoms with van der Waals surface area (Å²) in [5, 5.41) is 0. The maximum Gasteiger partial charge on any atom is 0.0404 e. The minimum atomic E-state index is 0.665. The summed E-state index contributed by atoms with van der Waals surface area (Å²) in [6.45, 7) is 2.28. The largest absolute Gasteiger partial charge is 0.122 e. The molecule has 102 valence electrons. The lowest BCUT2D eigenvalue weighted by atomic mass is 10.1. The molecule has 0 atom stereocenters. The standard InChI is InChI=1S/C16H31Cl/c1-2-3-4-5-6-7-8-9-10-11-12-13-14-15-16-17/h14-15H,2-13,16H2,1H3/b15-14+. The van der Waals surface area contributed by atoms with E-state index in [1.54, 1.807) is 0 Å². The van der Waals surface area contributed by atoms with Crippen LogP contribution in [0.4, 0.5) is 0 Å². The van der Waals surface area contributed by atoms with Crippen molar-refractivity contribution in [2.45, 2.75) is 84.0 Å². The zero-order valence-electron chi connectivity index (χ0n) is 11.7. The van der Waals surface area contributed by atoms with Crippen LogP contribution in [0.25, 0.3) is 0 Å². The van der Waals surface area contributed by atoms with Gasteiger partial charge in [-0.3, -0.25) is 0 Å². The Kier molecular flexibility index (Phi) is 16.1. The summed E-state index contributed by atoms with van der Waals surface area (Å²) in [6.07, 6.45) is 21.1. The molecule has 0 aliphatic carbocycles. The quantitative estimate of drug-likeness (QED) is 0.201. The maximum atomic E-state index is 5.56. The van der Waals surface area contributed by atoms with Crippen LogP contribution in [0.15, 0.2) is 12.2 Å². The second-order valence-electron chi connectivity index (χ2n) is 4.95. The topological polar surface area (TPSA) is 0 Å². The summed E-state index contributed by atoms with van der Waals surface area (Å²) in [5.74, 6) is 0.665. The van der Waals surface area contributed by atoms with Crippen molar-refractivity contribution in [3.05, 3.63) is 12.2 Å². The van der Waals surface area contributed by atoms with Crippen LogP contribution in [0.3, 0.4) is 0 Å². The number of rotatable bonds is 13. The Balaban J connectivity index is 2.91. The van der Waals surface area contributed by atoms with Crippen LogP contribution >= 0.6 is 11.6 Å². The Bertz CT molecular complexity index is 152. The van der Waals surface area contributed by atoms with Crippen molar-refractivity contribution in [3.63, 3.8) is 0 Å². The van der Waals surface area contributed by atoms with E-state index >= 15 is 0 Å². The fourth-order valence-electron chi connectivity index (χ4n) is 2.11. The predicted octanol–water partition coefficient (Wildman–Crippen LogP) is 6.48. The summed E-state index contributed by atoms with van der Waals surface area (Å²) in [7, 11) is 0. The summed E-state index contributed by atoms with van der Waals surface area (Å²) < 4.78 is 0. The Morgan fingerprint density at radius 1 is 0.647 bits per heavy atom. The molecular formula is C16H31Cl. The van der Waals surface area contributed by atoms with Gasteiger partial charge < -0.3 is 0 Å². The third-order valence-electron chi connectivity index (χ3n) is 3.23. The molecular weight excluding hydrogens is 228 g/mol. The zero-order valence-corrected chi connectivity index (χ0v) is 12.5. The molecule has 0 aromatic heterocycles. The van der Waals surface area contributed by atoms with Gasteiger partial charge in [-0.1, -0.05) is 83.3 Å². The van der Waals surface area contributed by atoms with Gasteiger partial charge in [0.1, 0.15) is 0 Å². The number of hydrogen-bond donors (Lipinski definition) is 0. The van der Waals surface area contributed by atoms with Gasteiger partial charge in [0.2, 0.25) is 0 Å². The lowest BCUT2D eigenvalue weighted by Crippen LogP contribution is -1.82. The Labute approximate surface area is 114 Å². The third-order valence-corrected chi connectivity index (χ3v) is 3.41. The average molecular weight is 259 g/mol. The lowest BCUT2D eigenvalue weighted by Gasteiger charge is -2.01. The minimum Gasteiger partial charge on any atom is -0.122 e. The van der Waals surface area contributed by atoms with E-state index in [1.165, 1.54) is 77.0 Å². The number of halogens is 1. The Morgan fingerprint density at radius 3 is 1.59 bits per heavy atom. The zero-order chi connectivity index (χ0) is 12.6. The van der Waals surface area contributed by atoms with Crippen molar-refractivity contribution < 1.29 is 0 Å². The SMILES string of the molecule is CCCCCCCCCCCCC/C=C/CCl. The monoisotopic (exact) mass is 258 g/mol. The second kappa shape index (κ2) is 16.0. The molecule has 0 spiro atoms. The van der Waals surface area contributed by atoms with Crippen molar-refractivity contribution in [2.75, 3.05) is 5.88 Å². The highest BCUT2D eigenvalue weighted by Gasteiger charge is 1.92. The van der Waals surface area contributed by atoms with Crippen molar-refractivity contribution in [1.82, 2.24) is 0 Å². The summed E-state index contributed by atoms with van der Waals surface area (Å²) in [4.78, 5) is 0. The summed E-state index contributed by atoms with van der Waals surface area (Å²) >= 11 is 5.56. The molecule has 0 nitrogen and oxygen atoms in total. The second-order valence-corrected chi connectivity index (χ2v) is 5.26. The fraction of sp³-hybridized carbons (Fsp3) is 0.875. The van der Waals surface area contributed by atoms with Gasteiger partial charge in [0.25, 0.3) is 0 Å². The lowest BCUT2D eigenvalue weighted by molar-refractivity contribution is 0.550. The van der Waals surface area contributed by atoms with E-state index in [1.807, 2.05) is 0 Å². The highest BCUT2D eigenvalue weighted by Crippen LogP contribution is 2.11. The van der Waals surface area contributed by atoms with E-state index < -0.39 is 0 Å². The van der Waals surface area contributed by atoms with Crippen LogP contribution < -0.4 is 0 Å². The van der Waals surface area contributed by atoms with Crippen LogP contribution in [0.2, 0.25) is 0 Å². The highest BCUT2D eigenvalue weighted by atomic mass is 35.5. The molecule has 17 heavy (non-hydrogen) atoms. The summed E-state index contributed by atoms with van der Waals surface area (Å²) in [5.41, 5.74) is 0. The van der Waals surface area contributed by atoms with Gasteiger partial charge in [-0.25, -0.2) is 0 Å². The number of allylic oxidation sites excluding steroid dienone is 2. The molecule has 0 rings (SSSR count). The van der Waals surface area contributed by atoms with Crippen LogP contribution in [0, 0.1) is 0 Å². The van der Waals surface area contributed by atoms with Crippen molar-refractivity contribution in [1.29, 1.82) is 0 Å². The van der Waals surface area contributed by atoms with Gasteiger partial charge in [-0.15, -0.1) is 11.6 Å². The molecule has 1 heteroatoms. The number of hydrogen-bond acceptors (Lipinski definition) is 0. The number of alkyl halides is 1. The first kappa shape index (κ1) is 17.0. The molecule has 0 aromatic rings. The molecule has 0 saturated heterocycles. The minimum absolute atomic E-state index is 0.665. The number of unbranched alkanes of at least 4 members (excludes halogenated alkanes) is 11. The molecule has 0 unspecified atom stereocenters. The molecule has 0 aliphatic heterocycles. The Morgan fingerprint density at radius 2 is 1.12 bits per heavy atom. The van der Waals surface area contributed by atoms with E-state index in [0.717, 1.165) is 0 Å². The van der Waals surface area contributed by atoms with Crippen molar-refractivity contribution in [2.24, 2.45) is 0 Å². The smallest absolute Gasteiger partial charge is 0.0404 e. The molecule has 0 radical (unpaired) electrons. The van der Waals surface area contributed by atoms with Gasteiger partial charge in [0.15, 0.2) is 0 Å². The van der Waals surface area contributed by atoms with Gasteiger partial charge >= 0.3 is 0 Å². The van der Waals surface area contributed by atoms with Gasteiger partial charge in [-0.05, 0) is 12.8 Å². The van der Waals surface area contributed by atoms with E-state index in [9.17, 15) is 0 Å². The molecule has 0 aliphatic rings. The van der Waals surface area contributed by atoms with Gasteiger partial charge in [0, 0.05) is 5.88 Å². The molecule has 0 fully saturated rings. The molecule has 0 heterocycles. The first-order chi connectivity index (χ1) is 8.41. The van der Waals surface area contributed by atoms with Crippen LogP contribution in [-0.4, -0.2) is 5.88 Å². The molecule has 0 saturated carbocycles. The highest BCUT2D eigenvalue weighted by molar-refractivity contribution is 6.18. The van der Waals surface area contributed by atoms with Crippen LogP contribution in [0.5, 0.6) is 0 Å². The normalized spacial score (nSPS) is 11.4. The van der Waals surface area contributed by atoms with Crippen LogP contribution in [0.1, 0.15) is 84.0 Å². The molecule has 0 bridgehead atoms. The first-order valence-electron chi connectivity index (χ1n) is 7.62. The van der Waals surface area contributed by atoms with Crippen LogP contribution in [-0.2, 0) is 0 Å². The van der Waals surface area contributed by atoms with E-state index in [2.05, 4.69) is 19.1 Å². The third kappa shape index (κ3) is 16.0. The summed E-state index contributed by atoms with van der Waals surface area (Å²) in [6, 6.07) is 0. The Hall–Kier alpha value is 0.0300. The van der Waals surface area contributed by atoms with E-state index in [0.29, 0.717) is 5.88 Å². The molecule has 0 aromatic carbocycles. The van der Waals surface area contributed by atoms with Gasteiger partial charge in [0.05, 0.1) is 0 Å². The van der Waals surface area contributed by atoms with Gasteiger partial charge in [-0.2, -0.15) is 0 Å². The molecule has 0 amide bonds. The van der Waals surface area contributed by atoms with E-state index in [4.69, 9.17) is 11.6 Å². The van der Waals surface area contributed by atoms with Crippen molar-refractivity contribution >= 4 is 11.6 Å². The first-order valence-corrected chi connectivity index (χ1v) is 8.16. The van der Waals surface area contributed by atoms with E-state index in [-0.39, 0.29) is 0 Å². The maximum absolute atomic E-state index is 5.56. The fourth-order valence-corrected chi connectivity index (χ4v) is 2.23. The molecule has 0 N–H and O–H groups in total. The average Bonchev–Trinajstić information content (AvgIpc) is 2.35. The van der Waals surface area contributed by atoms with Crippen molar-refractivity contribution in [3.8, 4) is 0 Å².